The average Bonchev–Trinajstić information content (AvgIpc) is 2.89. The maximum Gasteiger partial charge on any atom is 0.0480 e. The number of hydrogen-bond acceptors (Lipinski definition) is 2. The van der Waals surface area contributed by atoms with Crippen LogP contribution in [0.15, 0.2) is 0 Å². The van der Waals surface area contributed by atoms with Crippen molar-refractivity contribution in [1.29, 1.82) is 0 Å². The normalized spacial score (nSPS) is 18.9. The molecule has 1 unspecified atom stereocenters. The van der Waals surface area contributed by atoms with Crippen molar-refractivity contribution < 1.29 is 4.74 Å². The summed E-state index contributed by atoms with van der Waals surface area (Å²) in [6, 6.07) is 0.698. The molecular weight excluding hydrogens is 162 g/mol. The van der Waals surface area contributed by atoms with Gasteiger partial charge in [-0.3, -0.25) is 0 Å². The third kappa shape index (κ3) is 5.27. The van der Waals surface area contributed by atoms with E-state index in [1.54, 1.807) is 0 Å². The van der Waals surface area contributed by atoms with E-state index in [9.17, 15) is 0 Å². The van der Waals surface area contributed by atoms with Crippen molar-refractivity contribution in [3.8, 4) is 0 Å². The van der Waals surface area contributed by atoms with Crippen LogP contribution < -0.4 is 5.32 Å². The summed E-state index contributed by atoms with van der Waals surface area (Å²) in [4.78, 5) is 0. The van der Waals surface area contributed by atoms with Crippen LogP contribution in [0.2, 0.25) is 0 Å². The second-order valence-electron chi connectivity index (χ2n) is 3.92. The molecule has 0 aromatic heterocycles. The van der Waals surface area contributed by atoms with Crippen molar-refractivity contribution >= 4 is 0 Å². The van der Waals surface area contributed by atoms with E-state index < -0.39 is 0 Å². The second kappa shape index (κ2) is 6.39. The Morgan fingerprint density at radius 3 is 2.69 bits per heavy atom. The van der Waals surface area contributed by atoms with Gasteiger partial charge in [0.25, 0.3) is 0 Å². The fourth-order valence-electron chi connectivity index (χ4n) is 1.72. The Morgan fingerprint density at radius 2 is 2.15 bits per heavy atom. The van der Waals surface area contributed by atoms with Gasteiger partial charge in [0.1, 0.15) is 0 Å². The minimum atomic E-state index is 0.698. The van der Waals surface area contributed by atoms with Gasteiger partial charge in [-0.15, -0.1) is 0 Å². The molecule has 1 N–H and O–H groups in total. The topological polar surface area (TPSA) is 21.3 Å². The van der Waals surface area contributed by atoms with Crippen LogP contribution in [0.4, 0.5) is 0 Å². The van der Waals surface area contributed by atoms with E-state index in [0.717, 1.165) is 25.7 Å². The smallest absolute Gasteiger partial charge is 0.0480 e. The van der Waals surface area contributed by atoms with Gasteiger partial charge in [0, 0.05) is 19.3 Å². The Labute approximate surface area is 82.0 Å². The summed E-state index contributed by atoms with van der Waals surface area (Å²) in [5.41, 5.74) is 0. The summed E-state index contributed by atoms with van der Waals surface area (Å²) >= 11 is 0. The number of ether oxygens (including phenoxy) is 1. The van der Waals surface area contributed by atoms with E-state index in [4.69, 9.17) is 4.74 Å². The van der Waals surface area contributed by atoms with Gasteiger partial charge in [0.05, 0.1) is 0 Å². The van der Waals surface area contributed by atoms with Crippen molar-refractivity contribution in [3.63, 3.8) is 0 Å². The van der Waals surface area contributed by atoms with Crippen LogP contribution in [0, 0.1) is 5.92 Å². The van der Waals surface area contributed by atoms with Crippen molar-refractivity contribution in [1.82, 2.24) is 5.32 Å². The van der Waals surface area contributed by atoms with Crippen LogP contribution in [0.1, 0.15) is 39.5 Å². The summed E-state index contributed by atoms with van der Waals surface area (Å²) in [6.45, 7) is 7.09. The molecule has 1 atom stereocenters. The molecule has 2 nitrogen and oxygen atoms in total. The van der Waals surface area contributed by atoms with E-state index >= 15 is 0 Å². The molecule has 0 heterocycles. The molecule has 1 fully saturated rings. The van der Waals surface area contributed by atoms with Crippen molar-refractivity contribution in [3.05, 3.63) is 0 Å². The van der Waals surface area contributed by atoms with Crippen LogP contribution in [-0.4, -0.2) is 25.8 Å². The van der Waals surface area contributed by atoms with Crippen molar-refractivity contribution in [2.24, 2.45) is 5.92 Å². The quantitative estimate of drug-likeness (QED) is 0.585. The molecule has 1 aliphatic carbocycles. The zero-order chi connectivity index (χ0) is 9.52. The monoisotopic (exact) mass is 185 g/mol. The van der Waals surface area contributed by atoms with Gasteiger partial charge in [-0.1, -0.05) is 19.8 Å². The van der Waals surface area contributed by atoms with E-state index in [-0.39, 0.29) is 0 Å². The zero-order valence-corrected chi connectivity index (χ0v) is 9.01. The standard InChI is InChI=1S/C11H23NO/c1-3-12-11(7-8-13-4-2)9-10-5-6-10/h10-12H,3-9H2,1-2H3. The summed E-state index contributed by atoms with van der Waals surface area (Å²) in [7, 11) is 0. The second-order valence-corrected chi connectivity index (χ2v) is 3.92. The molecule has 0 saturated heterocycles. The molecule has 0 aromatic rings. The fraction of sp³-hybridized carbons (Fsp3) is 1.00. The van der Waals surface area contributed by atoms with Crippen LogP contribution >= 0.6 is 0 Å². The molecule has 1 rings (SSSR count). The minimum Gasteiger partial charge on any atom is -0.382 e. The Bertz CT molecular complexity index is 123. The molecule has 0 spiro atoms. The Kier molecular flexibility index (Phi) is 5.40. The van der Waals surface area contributed by atoms with E-state index in [1.807, 2.05) is 0 Å². The molecule has 0 aromatic carbocycles. The van der Waals surface area contributed by atoms with E-state index in [1.165, 1.54) is 25.7 Å². The predicted molar refractivity (Wildman–Crippen MR) is 55.9 cm³/mol. The Balaban J connectivity index is 2.04. The van der Waals surface area contributed by atoms with Crippen molar-refractivity contribution in [2.45, 2.75) is 45.6 Å². The first-order valence-electron chi connectivity index (χ1n) is 5.68. The highest BCUT2D eigenvalue weighted by Gasteiger charge is 2.24. The summed E-state index contributed by atoms with van der Waals surface area (Å²) in [5.74, 6) is 1.02. The molecule has 78 valence electrons. The minimum absolute atomic E-state index is 0.698. The lowest BCUT2D eigenvalue weighted by Gasteiger charge is -2.17. The lowest BCUT2D eigenvalue weighted by molar-refractivity contribution is 0.135. The Hall–Kier alpha value is -0.0800. The highest BCUT2D eigenvalue weighted by atomic mass is 16.5. The van der Waals surface area contributed by atoms with Gasteiger partial charge in [-0.2, -0.15) is 0 Å². The third-order valence-electron chi connectivity index (χ3n) is 2.62. The predicted octanol–water partition coefficient (Wildman–Crippen LogP) is 2.19. The SMILES string of the molecule is CCNC(CCOCC)CC1CC1. The molecule has 0 amide bonds. The van der Waals surface area contributed by atoms with Crippen molar-refractivity contribution in [2.75, 3.05) is 19.8 Å². The van der Waals surface area contributed by atoms with Gasteiger partial charge < -0.3 is 10.1 Å². The first kappa shape index (κ1) is 11.0. The Morgan fingerprint density at radius 1 is 1.38 bits per heavy atom. The highest BCUT2D eigenvalue weighted by molar-refractivity contribution is 4.79. The lowest BCUT2D eigenvalue weighted by Crippen LogP contribution is -2.30. The third-order valence-corrected chi connectivity index (χ3v) is 2.62. The number of rotatable bonds is 8. The summed E-state index contributed by atoms with van der Waals surface area (Å²) in [6.07, 6.45) is 5.45. The molecule has 0 bridgehead atoms. The summed E-state index contributed by atoms with van der Waals surface area (Å²) in [5, 5.41) is 3.53. The fourth-order valence-corrected chi connectivity index (χ4v) is 1.72. The van der Waals surface area contributed by atoms with Crippen LogP contribution in [0.25, 0.3) is 0 Å². The first-order valence-corrected chi connectivity index (χ1v) is 5.68. The van der Waals surface area contributed by atoms with Gasteiger partial charge in [-0.05, 0) is 32.2 Å². The molecule has 0 aliphatic heterocycles. The van der Waals surface area contributed by atoms with Crippen LogP contribution in [0.3, 0.4) is 0 Å². The lowest BCUT2D eigenvalue weighted by atomic mass is 10.1. The molecule has 0 radical (unpaired) electrons. The molecule has 13 heavy (non-hydrogen) atoms. The van der Waals surface area contributed by atoms with Crippen LogP contribution in [0.5, 0.6) is 0 Å². The van der Waals surface area contributed by atoms with Gasteiger partial charge in [0.15, 0.2) is 0 Å². The largest absolute Gasteiger partial charge is 0.382 e. The summed E-state index contributed by atoms with van der Waals surface area (Å²) < 4.78 is 5.37. The van der Waals surface area contributed by atoms with E-state index in [0.29, 0.717) is 6.04 Å². The zero-order valence-electron chi connectivity index (χ0n) is 9.01. The molecule has 1 saturated carbocycles. The maximum absolute atomic E-state index is 5.37. The average molecular weight is 185 g/mol. The number of nitrogens with one attached hydrogen (secondary N) is 1. The molecule has 1 aliphatic rings. The first-order chi connectivity index (χ1) is 6.36. The van der Waals surface area contributed by atoms with Gasteiger partial charge in [-0.25, -0.2) is 0 Å². The molecular formula is C11H23NO. The van der Waals surface area contributed by atoms with Gasteiger partial charge >= 0.3 is 0 Å². The van der Waals surface area contributed by atoms with Crippen LogP contribution in [-0.2, 0) is 4.74 Å². The number of hydrogen-bond donors (Lipinski definition) is 1. The highest BCUT2D eigenvalue weighted by Crippen LogP contribution is 2.33. The molecule has 2 heteroatoms. The van der Waals surface area contributed by atoms with E-state index in [2.05, 4.69) is 19.2 Å². The maximum atomic E-state index is 5.37. The van der Waals surface area contributed by atoms with Gasteiger partial charge in [0.2, 0.25) is 0 Å².